The van der Waals surface area contributed by atoms with Crippen LogP contribution in [0.2, 0.25) is 0 Å². The first-order valence-corrected chi connectivity index (χ1v) is 13.8. The standard InChI is InChI=1S/C30H30N2O4S/c1-23-11-9-10-16-28(23)30(25-14-7-4-8-15-25)31-29(33)21-32(37(2,34)35)26-17-19-27(20-18-26)36-22-24-12-5-3-6-13-24/h3-20,30H,21-22H2,1-2H3,(H,31,33)/t30-/m1/s1. The number of nitrogens with zero attached hydrogens (tertiary/aromatic N) is 1. The van der Waals surface area contributed by atoms with Gasteiger partial charge in [-0.05, 0) is 53.4 Å². The summed E-state index contributed by atoms with van der Waals surface area (Å²) >= 11 is 0. The molecule has 0 saturated carbocycles. The molecule has 0 heterocycles. The monoisotopic (exact) mass is 514 g/mol. The summed E-state index contributed by atoms with van der Waals surface area (Å²) in [5, 5.41) is 3.04. The van der Waals surface area contributed by atoms with Gasteiger partial charge in [0.1, 0.15) is 18.9 Å². The van der Waals surface area contributed by atoms with Gasteiger partial charge in [-0.1, -0.05) is 84.9 Å². The van der Waals surface area contributed by atoms with Crippen LogP contribution in [-0.4, -0.2) is 27.1 Å². The van der Waals surface area contributed by atoms with Gasteiger partial charge in [-0.15, -0.1) is 0 Å². The van der Waals surface area contributed by atoms with Crippen molar-refractivity contribution < 1.29 is 17.9 Å². The summed E-state index contributed by atoms with van der Waals surface area (Å²) in [7, 11) is -3.72. The highest BCUT2D eigenvalue weighted by atomic mass is 32.2. The van der Waals surface area contributed by atoms with E-state index in [0.717, 1.165) is 32.8 Å². The molecule has 0 saturated heterocycles. The van der Waals surface area contributed by atoms with E-state index in [9.17, 15) is 13.2 Å². The number of carbonyl (C=O) groups is 1. The maximum absolute atomic E-state index is 13.2. The predicted molar refractivity (Wildman–Crippen MR) is 147 cm³/mol. The van der Waals surface area contributed by atoms with E-state index in [1.165, 1.54) is 0 Å². The minimum atomic E-state index is -3.72. The molecule has 37 heavy (non-hydrogen) atoms. The van der Waals surface area contributed by atoms with Crippen LogP contribution in [0.15, 0.2) is 109 Å². The summed E-state index contributed by atoms with van der Waals surface area (Å²) in [5.74, 6) is 0.195. The molecule has 0 aliphatic rings. The normalized spacial score (nSPS) is 11.9. The molecule has 0 aromatic heterocycles. The van der Waals surface area contributed by atoms with Crippen molar-refractivity contribution in [3.63, 3.8) is 0 Å². The van der Waals surface area contributed by atoms with Crippen molar-refractivity contribution in [2.45, 2.75) is 19.6 Å². The summed E-state index contributed by atoms with van der Waals surface area (Å²) in [5.41, 5.74) is 4.31. The van der Waals surface area contributed by atoms with E-state index in [-0.39, 0.29) is 6.54 Å². The summed E-state index contributed by atoms with van der Waals surface area (Å²) in [6, 6.07) is 33.5. The molecule has 0 bridgehead atoms. The molecule has 0 unspecified atom stereocenters. The fraction of sp³-hybridized carbons (Fsp3) is 0.167. The van der Waals surface area contributed by atoms with Crippen molar-refractivity contribution in [3.8, 4) is 5.75 Å². The largest absolute Gasteiger partial charge is 0.489 e. The minimum Gasteiger partial charge on any atom is -0.489 e. The molecule has 0 fully saturated rings. The Morgan fingerprint density at radius 3 is 2.05 bits per heavy atom. The number of anilines is 1. The number of amides is 1. The van der Waals surface area contributed by atoms with Gasteiger partial charge in [-0.25, -0.2) is 8.42 Å². The molecule has 0 spiro atoms. The Labute approximate surface area is 218 Å². The first kappa shape index (κ1) is 26.0. The SMILES string of the molecule is Cc1ccccc1[C@H](NC(=O)CN(c1ccc(OCc2ccccc2)cc1)S(C)(=O)=O)c1ccccc1. The number of aryl methyl sites for hydroxylation is 1. The third-order valence-electron chi connectivity index (χ3n) is 6.00. The van der Waals surface area contributed by atoms with Crippen LogP contribution in [0, 0.1) is 6.92 Å². The second-order valence-corrected chi connectivity index (χ2v) is 10.7. The number of ether oxygens (including phenoxy) is 1. The molecular weight excluding hydrogens is 484 g/mol. The average molecular weight is 515 g/mol. The highest BCUT2D eigenvalue weighted by molar-refractivity contribution is 7.92. The molecule has 4 aromatic carbocycles. The van der Waals surface area contributed by atoms with Crippen molar-refractivity contribution in [2.75, 3.05) is 17.1 Å². The van der Waals surface area contributed by atoms with E-state index in [1.807, 2.05) is 91.9 Å². The number of benzene rings is 4. The van der Waals surface area contributed by atoms with Crippen LogP contribution in [0.3, 0.4) is 0 Å². The van der Waals surface area contributed by atoms with Gasteiger partial charge in [0, 0.05) is 0 Å². The van der Waals surface area contributed by atoms with Gasteiger partial charge < -0.3 is 10.1 Å². The predicted octanol–water partition coefficient (Wildman–Crippen LogP) is 5.25. The zero-order chi connectivity index (χ0) is 26.3. The van der Waals surface area contributed by atoms with Crippen molar-refractivity contribution in [2.24, 2.45) is 0 Å². The highest BCUT2D eigenvalue weighted by Crippen LogP contribution is 2.26. The molecule has 4 aromatic rings. The summed E-state index contributed by atoms with van der Waals surface area (Å²) < 4.78 is 32.2. The van der Waals surface area contributed by atoms with Crippen molar-refractivity contribution >= 4 is 21.6 Å². The van der Waals surface area contributed by atoms with Crippen LogP contribution >= 0.6 is 0 Å². The van der Waals surface area contributed by atoms with E-state index in [2.05, 4.69) is 5.32 Å². The van der Waals surface area contributed by atoms with Gasteiger partial charge in [0.15, 0.2) is 0 Å². The van der Waals surface area contributed by atoms with Crippen LogP contribution in [0.25, 0.3) is 0 Å². The van der Waals surface area contributed by atoms with Crippen LogP contribution in [0.4, 0.5) is 5.69 Å². The van der Waals surface area contributed by atoms with Crippen LogP contribution in [-0.2, 0) is 21.4 Å². The van der Waals surface area contributed by atoms with Crippen molar-refractivity contribution in [1.82, 2.24) is 5.32 Å². The number of hydrogen-bond donors (Lipinski definition) is 1. The molecule has 0 radical (unpaired) electrons. The molecule has 1 amide bonds. The van der Waals surface area contributed by atoms with Crippen LogP contribution in [0.1, 0.15) is 28.3 Å². The van der Waals surface area contributed by atoms with E-state index in [1.54, 1.807) is 24.3 Å². The van der Waals surface area contributed by atoms with Crippen molar-refractivity contribution in [3.05, 3.63) is 131 Å². The fourth-order valence-electron chi connectivity index (χ4n) is 4.08. The minimum absolute atomic E-state index is 0.349. The third kappa shape index (κ3) is 6.98. The Kier molecular flexibility index (Phi) is 8.25. The van der Waals surface area contributed by atoms with Gasteiger partial charge in [0.2, 0.25) is 15.9 Å². The van der Waals surface area contributed by atoms with E-state index in [4.69, 9.17) is 4.74 Å². The molecule has 1 atom stereocenters. The lowest BCUT2D eigenvalue weighted by Crippen LogP contribution is -2.42. The number of nitrogens with one attached hydrogen (secondary N) is 1. The Morgan fingerprint density at radius 2 is 1.43 bits per heavy atom. The van der Waals surface area contributed by atoms with Gasteiger partial charge in [-0.3, -0.25) is 9.10 Å². The Balaban J connectivity index is 1.51. The summed E-state index contributed by atoms with van der Waals surface area (Å²) in [6.07, 6.45) is 1.09. The Morgan fingerprint density at radius 1 is 0.838 bits per heavy atom. The highest BCUT2D eigenvalue weighted by Gasteiger charge is 2.24. The number of carbonyl (C=O) groups excluding carboxylic acids is 1. The summed E-state index contributed by atoms with van der Waals surface area (Å²) in [6.45, 7) is 2.04. The number of sulfonamides is 1. The van der Waals surface area contributed by atoms with Crippen molar-refractivity contribution in [1.29, 1.82) is 0 Å². The zero-order valence-electron chi connectivity index (χ0n) is 20.9. The van der Waals surface area contributed by atoms with Gasteiger partial charge in [0.25, 0.3) is 0 Å². The molecule has 4 rings (SSSR count). The maximum atomic E-state index is 13.2. The molecule has 0 aliphatic heterocycles. The van der Waals surface area contributed by atoms with Gasteiger partial charge in [-0.2, -0.15) is 0 Å². The molecule has 190 valence electrons. The fourth-order valence-corrected chi connectivity index (χ4v) is 4.94. The second-order valence-electron chi connectivity index (χ2n) is 8.81. The first-order valence-electron chi connectivity index (χ1n) is 12.0. The molecule has 1 N–H and O–H groups in total. The molecular formula is C30H30N2O4S. The summed E-state index contributed by atoms with van der Waals surface area (Å²) in [4.78, 5) is 13.2. The number of rotatable bonds is 10. The number of hydrogen-bond acceptors (Lipinski definition) is 4. The van der Waals surface area contributed by atoms with E-state index >= 15 is 0 Å². The Bertz CT molecular complexity index is 1420. The second kappa shape index (κ2) is 11.8. The van der Waals surface area contributed by atoms with Crippen LogP contribution < -0.4 is 14.4 Å². The topological polar surface area (TPSA) is 75.7 Å². The van der Waals surface area contributed by atoms with E-state index in [0.29, 0.717) is 18.0 Å². The average Bonchev–Trinajstić information content (AvgIpc) is 2.90. The van der Waals surface area contributed by atoms with Gasteiger partial charge >= 0.3 is 0 Å². The smallest absolute Gasteiger partial charge is 0.241 e. The van der Waals surface area contributed by atoms with Crippen LogP contribution in [0.5, 0.6) is 5.75 Å². The lowest BCUT2D eigenvalue weighted by Gasteiger charge is -2.25. The van der Waals surface area contributed by atoms with Gasteiger partial charge in [0.05, 0.1) is 18.0 Å². The Hall–Kier alpha value is -4.10. The lowest BCUT2D eigenvalue weighted by atomic mass is 9.95. The molecule has 0 aliphatic carbocycles. The molecule has 6 nitrogen and oxygen atoms in total. The zero-order valence-corrected chi connectivity index (χ0v) is 21.7. The third-order valence-corrected chi connectivity index (χ3v) is 7.14. The quantitative estimate of drug-likeness (QED) is 0.314. The first-order chi connectivity index (χ1) is 17.8. The van der Waals surface area contributed by atoms with E-state index < -0.39 is 22.0 Å². The molecule has 7 heteroatoms. The lowest BCUT2D eigenvalue weighted by molar-refractivity contribution is -0.120. The maximum Gasteiger partial charge on any atom is 0.241 e.